The number of hydrogen-bond acceptors (Lipinski definition) is 5. The Kier molecular flexibility index (Phi) is 6.87. The molecule has 1 aliphatic rings. The van der Waals surface area contributed by atoms with Crippen molar-refractivity contribution in [3.8, 4) is 11.6 Å². The molecule has 2 N–H and O–H groups in total. The summed E-state index contributed by atoms with van der Waals surface area (Å²) < 4.78 is 7.71. The number of thiocarbonyl (C=S) groups is 1. The standard InChI is InChI=1S/C28H28N6O2S/c1-4-25(35)31-20-12-11-19(16-23(20)36-3)34-27(26(32-28(34)37)21-8-5-6-14-29-21)22-9-7-15-33(22)24-13-10-18(2)17-30-24/h5-17,26-27H,4H2,1-3H3,(H,31,35)(H,32,37)/t26-,27-/m1/s1. The first-order valence-corrected chi connectivity index (χ1v) is 12.5. The summed E-state index contributed by atoms with van der Waals surface area (Å²) in [4.78, 5) is 23.4. The fraction of sp³-hybridized carbons (Fsp3) is 0.214. The zero-order valence-electron chi connectivity index (χ0n) is 20.9. The minimum Gasteiger partial charge on any atom is -0.494 e. The quantitative estimate of drug-likeness (QED) is 0.333. The third kappa shape index (κ3) is 4.77. The fourth-order valence-electron chi connectivity index (χ4n) is 4.55. The van der Waals surface area contributed by atoms with Gasteiger partial charge < -0.3 is 24.8 Å². The van der Waals surface area contributed by atoms with E-state index in [0.717, 1.165) is 28.5 Å². The van der Waals surface area contributed by atoms with Crippen molar-refractivity contribution in [2.75, 3.05) is 17.3 Å². The van der Waals surface area contributed by atoms with Crippen LogP contribution in [0.4, 0.5) is 11.4 Å². The molecule has 1 aliphatic heterocycles. The summed E-state index contributed by atoms with van der Waals surface area (Å²) in [6.07, 6.45) is 6.03. The van der Waals surface area contributed by atoms with Crippen molar-refractivity contribution in [3.63, 3.8) is 0 Å². The van der Waals surface area contributed by atoms with Crippen LogP contribution in [-0.4, -0.2) is 32.7 Å². The summed E-state index contributed by atoms with van der Waals surface area (Å²) in [5.74, 6) is 1.29. The first-order chi connectivity index (χ1) is 18.0. The molecule has 4 heterocycles. The van der Waals surface area contributed by atoms with E-state index in [1.807, 2.05) is 80.8 Å². The number of nitrogens with one attached hydrogen (secondary N) is 2. The van der Waals surface area contributed by atoms with Gasteiger partial charge in [-0.25, -0.2) is 4.98 Å². The van der Waals surface area contributed by atoms with E-state index in [2.05, 4.69) is 36.1 Å². The number of nitrogens with zero attached hydrogens (tertiary/aromatic N) is 4. The summed E-state index contributed by atoms with van der Waals surface area (Å²) in [5, 5.41) is 6.95. The highest BCUT2D eigenvalue weighted by molar-refractivity contribution is 7.80. The Labute approximate surface area is 221 Å². The Morgan fingerprint density at radius 3 is 2.70 bits per heavy atom. The zero-order chi connectivity index (χ0) is 25.9. The molecule has 1 amide bonds. The van der Waals surface area contributed by atoms with Gasteiger partial charge in [-0.2, -0.15) is 0 Å². The molecule has 0 saturated carbocycles. The third-order valence-electron chi connectivity index (χ3n) is 6.38. The zero-order valence-corrected chi connectivity index (χ0v) is 21.7. The molecule has 0 bridgehead atoms. The molecule has 37 heavy (non-hydrogen) atoms. The van der Waals surface area contributed by atoms with Crippen molar-refractivity contribution in [2.45, 2.75) is 32.4 Å². The van der Waals surface area contributed by atoms with Crippen molar-refractivity contribution in [2.24, 2.45) is 0 Å². The molecule has 9 heteroatoms. The molecule has 0 aliphatic carbocycles. The predicted octanol–water partition coefficient (Wildman–Crippen LogP) is 5.11. The van der Waals surface area contributed by atoms with E-state index in [-0.39, 0.29) is 18.0 Å². The SMILES string of the molecule is CCC(=O)Nc1ccc(N2C(=S)N[C@H](c3ccccn3)[C@H]2c2cccn2-c2ccc(C)cn2)cc1OC. The molecule has 3 aromatic heterocycles. The highest BCUT2D eigenvalue weighted by Gasteiger charge is 2.42. The molecular weight excluding hydrogens is 484 g/mol. The van der Waals surface area contributed by atoms with Crippen LogP contribution in [0.5, 0.6) is 5.75 Å². The van der Waals surface area contributed by atoms with E-state index in [9.17, 15) is 4.79 Å². The van der Waals surface area contributed by atoms with Gasteiger partial charge in [-0.1, -0.05) is 19.1 Å². The molecule has 8 nitrogen and oxygen atoms in total. The summed E-state index contributed by atoms with van der Waals surface area (Å²) in [5.41, 5.74) is 4.41. The molecule has 1 fully saturated rings. The van der Waals surface area contributed by atoms with E-state index >= 15 is 0 Å². The van der Waals surface area contributed by atoms with Crippen LogP contribution >= 0.6 is 12.2 Å². The second-order valence-electron chi connectivity index (χ2n) is 8.78. The Bertz CT molecular complexity index is 1420. The maximum atomic E-state index is 12.0. The minimum atomic E-state index is -0.235. The van der Waals surface area contributed by atoms with Crippen molar-refractivity contribution in [3.05, 3.63) is 96.2 Å². The van der Waals surface area contributed by atoms with E-state index in [4.69, 9.17) is 17.0 Å². The number of pyridine rings is 2. The van der Waals surface area contributed by atoms with E-state index < -0.39 is 0 Å². The van der Waals surface area contributed by atoms with Crippen LogP contribution < -0.4 is 20.3 Å². The number of amides is 1. The number of benzene rings is 1. The first-order valence-electron chi connectivity index (χ1n) is 12.1. The average molecular weight is 513 g/mol. The Morgan fingerprint density at radius 1 is 1.14 bits per heavy atom. The van der Waals surface area contributed by atoms with Gasteiger partial charge in [0.1, 0.15) is 17.6 Å². The van der Waals surface area contributed by atoms with Crippen LogP contribution in [0.1, 0.15) is 42.4 Å². The molecule has 0 radical (unpaired) electrons. The van der Waals surface area contributed by atoms with Gasteiger partial charge in [-0.3, -0.25) is 9.78 Å². The molecule has 1 aromatic carbocycles. The van der Waals surface area contributed by atoms with Crippen molar-refractivity contribution < 1.29 is 9.53 Å². The second kappa shape index (κ2) is 10.4. The van der Waals surface area contributed by atoms with Gasteiger partial charge in [0.25, 0.3) is 0 Å². The molecule has 188 valence electrons. The molecule has 0 unspecified atom stereocenters. The summed E-state index contributed by atoms with van der Waals surface area (Å²) in [7, 11) is 1.59. The second-order valence-corrected chi connectivity index (χ2v) is 9.17. The van der Waals surface area contributed by atoms with Crippen molar-refractivity contribution in [1.82, 2.24) is 19.9 Å². The smallest absolute Gasteiger partial charge is 0.224 e. The Balaban J connectivity index is 1.62. The van der Waals surface area contributed by atoms with Crippen LogP contribution in [0.3, 0.4) is 0 Å². The molecule has 1 saturated heterocycles. The summed E-state index contributed by atoms with van der Waals surface area (Å²) >= 11 is 5.88. The molecule has 2 atom stereocenters. The molecular formula is C28H28N6O2S. The van der Waals surface area contributed by atoms with Gasteiger partial charge in [0.05, 0.1) is 24.5 Å². The number of aromatic nitrogens is 3. The van der Waals surface area contributed by atoms with Crippen LogP contribution in [0, 0.1) is 6.92 Å². The largest absolute Gasteiger partial charge is 0.494 e. The number of carbonyl (C=O) groups excluding carboxylic acids is 1. The monoisotopic (exact) mass is 512 g/mol. The summed E-state index contributed by atoms with van der Waals surface area (Å²) in [6, 6.07) is 19.2. The number of aryl methyl sites for hydroxylation is 1. The fourth-order valence-corrected chi connectivity index (χ4v) is 4.90. The normalized spacial score (nSPS) is 16.9. The number of carbonyl (C=O) groups is 1. The van der Waals surface area contributed by atoms with Crippen LogP contribution in [0.15, 0.2) is 79.3 Å². The van der Waals surface area contributed by atoms with E-state index in [1.54, 1.807) is 13.3 Å². The number of methoxy groups -OCH3 is 1. The van der Waals surface area contributed by atoms with Crippen molar-refractivity contribution >= 4 is 34.6 Å². The maximum absolute atomic E-state index is 12.0. The number of hydrogen-bond donors (Lipinski definition) is 2. The van der Waals surface area contributed by atoms with E-state index in [1.165, 1.54) is 0 Å². The third-order valence-corrected chi connectivity index (χ3v) is 6.70. The van der Waals surface area contributed by atoms with Gasteiger partial charge in [0.2, 0.25) is 5.91 Å². The number of ether oxygens (including phenoxy) is 1. The van der Waals surface area contributed by atoms with Crippen LogP contribution in [0.25, 0.3) is 5.82 Å². The predicted molar refractivity (Wildman–Crippen MR) is 148 cm³/mol. The number of rotatable bonds is 7. The lowest BCUT2D eigenvalue weighted by Crippen LogP contribution is -2.30. The molecule has 4 aromatic rings. The maximum Gasteiger partial charge on any atom is 0.224 e. The molecule has 5 rings (SSSR count). The first kappa shape index (κ1) is 24.5. The van der Waals surface area contributed by atoms with Gasteiger partial charge in [0.15, 0.2) is 5.11 Å². The van der Waals surface area contributed by atoms with Gasteiger partial charge in [0, 0.05) is 42.5 Å². The van der Waals surface area contributed by atoms with Gasteiger partial charge in [-0.05, 0) is 67.2 Å². The van der Waals surface area contributed by atoms with Gasteiger partial charge in [-0.15, -0.1) is 0 Å². The van der Waals surface area contributed by atoms with Crippen molar-refractivity contribution in [1.29, 1.82) is 0 Å². The molecule has 0 spiro atoms. The van der Waals surface area contributed by atoms with Crippen LogP contribution in [0.2, 0.25) is 0 Å². The summed E-state index contributed by atoms with van der Waals surface area (Å²) in [6.45, 7) is 3.83. The highest BCUT2D eigenvalue weighted by atomic mass is 32.1. The topological polar surface area (TPSA) is 84.3 Å². The van der Waals surface area contributed by atoms with Gasteiger partial charge >= 0.3 is 0 Å². The highest BCUT2D eigenvalue weighted by Crippen LogP contribution is 2.43. The lowest BCUT2D eigenvalue weighted by Gasteiger charge is -2.29. The Hall–Kier alpha value is -4.24. The average Bonchev–Trinajstić information content (AvgIpc) is 3.54. The minimum absolute atomic E-state index is 0.0825. The Morgan fingerprint density at radius 2 is 2.00 bits per heavy atom. The lowest BCUT2D eigenvalue weighted by atomic mass is 10.0. The lowest BCUT2D eigenvalue weighted by molar-refractivity contribution is -0.115. The number of anilines is 2. The van der Waals surface area contributed by atoms with Crippen LogP contribution in [-0.2, 0) is 4.79 Å². The van der Waals surface area contributed by atoms with E-state index in [0.29, 0.717) is 23.0 Å².